The molecule has 0 fully saturated rings. The molecule has 12 nitrogen and oxygen atoms in total. The minimum Gasteiger partial charge on any atom is -0.455 e. The Morgan fingerprint density at radius 2 is 2.14 bits per heavy atom. The molecular formula is C16H16N8O4. The highest BCUT2D eigenvalue weighted by Crippen LogP contribution is 2.33. The van der Waals surface area contributed by atoms with E-state index in [1.807, 2.05) is 6.92 Å². The molecule has 0 saturated carbocycles. The number of nitrogens with zero attached hydrogens (tertiary/aromatic N) is 6. The third-order valence-corrected chi connectivity index (χ3v) is 3.93. The molecule has 0 atom stereocenters. The Morgan fingerprint density at radius 1 is 1.39 bits per heavy atom. The predicted octanol–water partition coefficient (Wildman–Crippen LogP) is 1.19. The van der Waals surface area contributed by atoms with Gasteiger partial charge in [-0.3, -0.25) is 14.9 Å². The molecule has 0 spiro atoms. The molecular weight excluding hydrogens is 368 g/mol. The summed E-state index contributed by atoms with van der Waals surface area (Å²) >= 11 is 0. The lowest BCUT2D eigenvalue weighted by Gasteiger charge is -2.04. The van der Waals surface area contributed by atoms with Crippen LogP contribution in [0.2, 0.25) is 0 Å². The van der Waals surface area contributed by atoms with Gasteiger partial charge in [0.15, 0.2) is 0 Å². The Bertz CT molecular complexity index is 1070. The zero-order chi connectivity index (χ0) is 20.3. The minimum absolute atomic E-state index is 0.00444. The van der Waals surface area contributed by atoms with Crippen LogP contribution in [0.4, 0.5) is 11.6 Å². The van der Waals surface area contributed by atoms with Crippen molar-refractivity contribution in [2.45, 2.75) is 20.4 Å². The van der Waals surface area contributed by atoms with Gasteiger partial charge in [0, 0.05) is 6.07 Å². The van der Waals surface area contributed by atoms with Crippen molar-refractivity contribution >= 4 is 23.8 Å². The van der Waals surface area contributed by atoms with E-state index in [-0.39, 0.29) is 18.2 Å². The number of nitrogen functional groups attached to an aromatic ring is 1. The number of hydrazone groups is 1. The molecule has 0 bridgehead atoms. The van der Waals surface area contributed by atoms with Crippen molar-refractivity contribution in [3.63, 3.8) is 0 Å². The van der Waals surface area contributed by atoms with Crippen LogP contribution in [-0.2, 0) is 11.3 Å². The van der Waals surface area contributed by atoms with Crippen LogP contribution in [0.15, 0.2) is 33.8 Å². The second-order valence-electron chi connectivity index (χ2n) is 5.90. The number of aryl methyl sites for hydroxylation is 2. The van der Waals surface area contributed by atoms with Crippen molar-refractivity contribution < 1.29 is 14.1 Å². The normalized spacial score (nSPS) is 11.1. The summed E-state index contributed by atoms with van der Waals surface area (Å²) in [6.45, 7) is 3.47. The van der Waals surface area contributed by atoms with E-state index in [9.17, 15) is 14.9 Å². The first-order chi connectivity index (χ1) is 13.3. The molecule has 1 amide bonds. The average Bonchev–Trinajstić information content (AvgIpc) is 3.26. The SMILES string of the molecule is Cc1cc(-c2ccc(/C=N\NC(=O)Cn3nnnc3N)o2)c([N+](=O)[O-])cc1C. The maximum atomic E-state index is 11.8. The summed E-state index contributed by atoms with van der Waals surface area (Å²) in [6.07, 6.45) is 1.28. The third-order valence-electron chi connectivity index (χ3n) is 3.93. The van der Waals surface area contributed by atoms with Crippen LogP contribution in [0, 0.1) is 24.0 Å². The number of aromatic nitrogens is 4. The van der Waals surface area contributed by atoms with Crippen LogP contribution in [0.1, 0.15) is 16.9 Å². The number of nitrogens with two attached hydrogens (primary N) is 1. The first-order valence-corrected chi connectivity index (χ1v) is 8.04. The quantitative estimate of drug-likeness (QED) is 0.363. The van der Waals surface area contributed by atoms with E-state index in [2.05, 4.69) is 26.1 Å². The Hall–Kier alpha value is -4.09. The molecule has 0 saturated heterocycles. The molecule has 0 aliphatic carbocycles. The Balaban J connectivity index is 1.72. The standard InChI is InChI=1S/C16H16N8O4/c1-9-5-12(13(24(26)27)6-10(9)2)14-4-3-11(28-14)7-18-19-15(25)8-23-16(17)20-21-22-23/h3-7H,8H2,1-2H3,(H,19,25)(H2,17,20,22)/b18-7-. The number of furan rings is 1. The van der Waals surface area contributed by atoms with Gasteiger partial charge in [-0.05, 0) is 53.6 Å². The van der Waals surface area contributed by atoms with Crippen molar-refractivity contribution in [2.75, 3.05) is 5.73 Å². The fourth-order valence-corrected chi connectivity index (χ4v) is 2.38. The van der Waals surface area contributed by atoms with Gasteiger partial charge in [0.05, 0.1) is 16.7 Å². The summed E-state index contributed by atoms with van der Waals surface area (Å²) in [7, 11) is 0. The second kappa shape index (κ2) is 7.65. The number of rotatable bonds is 6. The van der Waals surface area contributed by atoms with Crippen LogP contribution < -0.4 is 11.2 Å². The number of hydrogen-bond acceptors (Lipinski definition) is 9. The lowest BCUT2D eigenvalue weighted by molar-refractivity contribution is -0.384. The van der Waals surface area contributed by atoms with Crippen LogP contribution in [0.3, 0.4) is 0 Å². The molecule has 0 aliphatic heterocycles. The number of tetrazole rings is 1. The number of nitro benzene ring substituents is 1. The third kappa shape index (κ3) is 4.00. The summed E-state index contributed by atoms with van der Waals surface area (Å²) in [5, 5.41) is 25.4. The number of anilines is 1. The highest BCUT2D eigenvalue weighted by atomic mass is 16.6. The smallest absolute Gasteiger partial charge is 0.280 e. The molecule has 0 aliphatic rings. The molecule has 2 heterocycles. The fraction of sp³-hybridized carbons (Fsp3) is 0.188. The molecule has 1 aromatic carbocycles. The van der Waals surface area contributed by atoms with Gasteiger partial charge in [-0.25, -0.2) is 10.1 Å². The van der Waals surface area contributed by atoms with Gasteiger partial charge in [0.2, 0.25) is 5.95 Å². The maximum Gasteiger partial charge on any atom is 0.280 e. The zero-order valence-corrected chi connectivity index (χ0v) is 15.0. The Labute approximate surface area is 158 Å². The van der Waals surface area contributed by atoms with E-state index in [0.29, 0.717) is 17.1 Å². The summed E-state index contributed by atoms with van der Waals surface area (Å²) in [6, 6.07) is 6.39. The highest BCUT2D eigenvalue weighted by Gasteiger charge is 2.19. The first kappa shape index (κ1) is 18.7. The van der Waals surface area contributed by atoms with Crippen LogP contribution in [-0.4, -0.2) is 37.3 Å². The van der Waals surface area contributed by atoms with Gasteiger partial charge < -0.3 is 10.2 Å². The van der Waals surface area contributed by atoms with Crippen molar-refractivity contribution in [3.05, 3.63) is 51.3 Å². The zero-order valence-electron chi connectivity index (χ0n) is 15.0. The molecule has 0 radical (unpaired) electrons. The van der Waals surface area contributed by atoms with Gasteiger partial charge >= 0.3 is 0 Å². The molecule has 3 rings (SSSR count). The fourth-order valence-electron chi connectivity index (χ4n) is 2.38. The number of benzene rings is 1. The molecule has 144 valence electrons. The molecule has 0 unspecified atom stereocenters. The number of carbonyl (C=O) groups is 1. The van der Waals surface area contributed by atoms with Crippen molar-refractivity contribution in [1.29, 1.82) is 0 Å². The van der Waals surface area contributed by atoms with Crippen molar-refractivity contribution in [1.82, 2.24) is 25.6 Å². The summed E-state index contributed by atoms with van der Waals surface area (Å²) in [5.41, 5.74) is 9.78. The maximum absolute atomic E-state index is 11.8. The molecule has 2 aromatic heterocycles. The number of carbonyl (C=O) groups excluding carboxylic acids is 1. The van der Waals surface area contributed by atoms with Crippen LogP contribution >= 0.6 is 0 Å². The number of amides is 1. The topological polar surface area (TPSA) is 167 Å². The van der Waals surface area contributed by atoms with E-state index in [1.165, 1.54) is 12.3 Å². The largest absolute Gasteiger partial charge is 0.455 e. The minimum atomic E-state index is -0.494. The van der Waals surface area contributed by atoms with E-state index in [1.54, 1.807) is 25.1 Å². The van der Waals surface area contributed by atoms with Crippen LogP contribution in [0.25, 0.3) is 11.3 Å². The summed E-state index contributed by atoms with van der Waals surface area (Å²) in [4.78, 5) is 22.6. The Kier molecular flexibility index (Phi) is 5.11. The van der Waals surface area contributed by atoms with Crippen molar-refractivity contribution in [2.24, 2.45) is 5.10 Å². The summed E-state index contributed by atoms with van der Waals surface area (Å²) in [5.74, 6) is 0.144. The van der Waals surface area contributed by atoms with Crippen molar-refractivity contribution in [3.8, 4) is 11.3 Å². The molecule has 12 heteroatoms. The van der Waals surface area contributed by atoms with Gasteiger partial charge in [0.25, 0.3) is 11.6 Å². The van der Waals surface area contributed by atoms with E-state index in [4.69, 9.17) is 10.2 Å². The molecule has 28 heavy (non-hydrogen) atoms. The first-order valence-electron chi connectivity index (χ1n) is 8.04. The lowest BCUT2D eigenvalue weighted by atomic mass is 10.0. The van der Waals surface area contributed by atoms with E-state index >= 15 is 0 Å². The number of nitro groups is 1. The van der Waals surface area contributed by atoms with Gasteiger partial charge in [-0.1, -0.05) is 5.10 Å². The molecule has 3 aromatic rings. The number of hydrogen-bond donors (Lipinski definition) is 2. The monoisotopic (exact) mass is 384 g/mol. The van der Waals surface area contributed by atoms with Gasteiger partial charge in [0.1, 0.15) is 18.1 Å². The average molecular weight is 384 g/mol. The van der Waals surface area contributed by atoms with Gasteiger partial charge in [-0.2, -0.15) is 5.10 Å². The van der Waals surface area contributed by atoms with E-state index < -0.39 is 10.8 Å². The van der Waals surface area contributed by atoms with E-state index in [0.717, 1.165) is 15.8 Å². The van der Waals surface area contributed by atoms with Gasteiger partial charge in [-0.15, -0.1) is 0 Å². The molecule has 3 N–H and O–H groups in total. The Morgan fingerprint density at radius 3 is 2.82 bits per heavy atom. The number of nitrogens with one attached hydrogen (secondary N) is 1. The predicted molar refractivity (Wildman–Crippen MR) is 98.2 cm³/mol. The lowest BCUT2D eigenvalue weighted by Crippen LogP contribution is -2.24. The second-order valence-corrected chi connectivity index (χ2v) is 5.90. The highest BCUT2D eigenvalue weighted by molar-refractivity contribution is 5.81. The van der Waals surface area contributed by atoms with Crippen LogP contribution in [0.5, 0.6) is 0 Å². The summed E-state index contributed by atoms with van der Waals surface area (Å²) < 4.78 is 6.71.